The van der Waals surface area contributed by atoms with Crippen LogP contribution < -0.4 is 9.47 Å². The number of carbonyl (C=O) groups excluding carboxylic acids is 4. The van der Waals surface area contributed by atoms with Crippen LogP contribution in [-0.2, 0) is 28.6 Å². The molecule has 1 aliphatic rings. The minimum atomic E-state index is -1.18. The summed E-state index contributed by atoms with van der Waals surface area (Å²) >= 11 is 0. The molecular formula is C19H22O9. The van der Waals surface area contributed by atoms with Crippen molar-refractivity contribution >= 4 is 23.9 Å². The van der Waals surface area contributed by atoms with Gasteiger partial charge in [-0.15, -0.1) is 0 Å². The molecule has 9 heteroatoms. The van der Waals surface area contributed by atoms with Crippen molar-refractivity contribution in [2.45, 2.75) is 52.4 Å². The molecule has 152 valence electrons. The predicted molar refractivity (Wildman–Crippen MR) is 93.9 cm³/mol. The Morgan fingerprint density at radius 2 is 1.57 bits per heavy atom. The van der Waals surface area contributed by atoms with Crippen LogP contribution in [0.1, 0.15) is 56.6 Å². The number of carbonyl (C=O) groups is 4. The Hall–Kier alpha value is -3.10. The van der Waals surface area contributed by atoms with Gasteiger partial charge in [-0.05, 0) is 26.0 Å². The normalized spacial score (nSPS) is 19.5. The van der Waals surface area contributed by atoms with E-state index >= 15 is 0 Å². The first kappa shape index (κ1) is 21.2. The molecule has 0 bridgehead atoms. The van der Waals surface area contributed by atoms with Gasteiger partial charge in [0.1, 0.15) is 16.9 Å². The molecule has 2 rings (SSSR count). The van der Waals surface area contributed by atoms with Crippen molar-refractivity contribution in [3.8, 4) is 11.5 Å². The lowest BCUT2D eigenvalue weighted by Crippen LogP contribution is -2.52. The fourth-order valence-electron chi connectivity index (χ4n) is 3.00. The maximum absolute atomic E-state index is 12.2. The molecule has 0 radical (unpaired) electrons. The predicted octanol–water partition coefficient (Wildman–Crippen LogP) is 2.11. The standard InChI is InChI=1S/C19H22O9/c1-9(20)25-15-12(18(23)24-6)7-8-13-14(15)16(26-10(2)21)17(27-11(3)22)19(4,5)28-13/h7-8,16-17H,1-6H3/t16-,17-/m1/s1. The Morgan fingerprint density at radius 1 is 0.964 bits per heavy atom. The maximum Gasteiger partial charge on any atom is 0.341 e. The maximum atomic E-state index is 12.2. The van der Waals surface area contributed by atoms with E-state index in [9.17, 15) is 19.2 Å². The Morgan fingerprint density at radius 3 is 2.07 bits per heavy atom. The quantitative estimate of drug-likeness (QED) is 0.430. The van der Waals surface area contributed by atoms with Crippen molar-refractivity contribution in [1.82, 2.24) is 0 Å². The SMILES string of the molecule is COC(=O)c1ccc2c(c1OC(C)=O)[C@@H](OC(C)=O)[C@@H](OC(C)=O)C(C)(C)O2. The zero-order valence-corrected chi connectivity index (χ0v) is 16.5. The molecule has 0 spiro atoms. The molecule has 0 aliphatic carbocycles. The van der Waals surface area contributed by atoms with Gasteiger partial charge in [-0.1, -0.05) is 0 Å². The first-order chi connectivity index (χ1) is 13.0. The fraction of sp³-hybridized carbons (Fsp3) is 0.474. The van der Waals surface area contributed by atoms with Crippen LogP contribution in [0.15, 0.2) is 12.1 Å². The Bertz CT molecular complexity index is 825. The molecule has 28 heavy (non-hydrogen) atoms. The second-order valence-electron chi connectivity index (χ2n) is 6.70. The molecular weight excluding hydrogens is 372 g/mol. The summed E-state index contributed by atoms with van der Waals surface area (Å²) in [4.78, 5) is 47.3. The smallest absolute Gasteiger partial charge is 0.341 e. The molecule has 1 heterocycles. The van der Waals surface area contributed by atoms with E-state index in [0.29, 0.717) is 0 Å². The van der Waals surface area contributed by atoms with Gasteiger partial charge < -0.3 is 23.7 Å². The van der Waals surface area contributed by atoms with Gasteiger partial charge in [-0.25, -0.2) is 4.79 Å². The monoisotopic (exact) mass is 394 g/mol. The lowest BCUT2D eigenvalue weighted by atomic mass is 9.86. The van der Waals surface area contributed by atoms with E-state index in [1.54, 1.807) is 13.8 Å². The summed E-state index contributed by atoms with van der Waals surface area (Å²) in [7, 11) is 1.17. The number of fused-ring (bicyclic) bond motifs is 1. The first-order valence-electron chi connectivity index (χ1n) is 8.45. The molecule has 0 unspecified atom stereocenters. The minimum absolute atomic E-state index is 0.0708. The molecule has 0 N–H and O–H groups in total. The summed E-state index contributed by atoms with van der Waals surface area (Å²) in [5.41, 5.74) is -1.06. The molecule has 0 saturated carbocycles. The van der Waals surface area contributed by atoms with Crippen LogP contribution in [0, 0.1) is 0 Å². The van der Waals surface area contributed by atoms with E-state index in [1.165, 1.54) is 33.1 Å². The van der Waals surface area contributed by atoms with Crippen LogP contribution in [0.25, 0.3) is 0 Å². The molecule has 0 saturated heterocycles. The molecule has 0 fully saturated rings. The molecule has 2 atom stereocenters. The van der Waals surface area contributed by atoms with E-state index in [1.807, 2.05) is 0 Å². The van der Waals surface area contributed by atoms with Gasteiger partial charge in [0, 0.05) is 20.8 Å². The Labute approximate surface area is 161 Å². The van der Waals surface area contributed by atoms with Gasteiger partial charge in [0.25, 0.3) is 0 Å². The number of ether oxygens (including phenoxy) is 5. The highest BCUT2D eigenvalue weighted by molar-refractivity contribution is 5.94. The number of benzene rings is 1. The molecule has 1 aromatic carbocycles. The summed E-state index contributed by atoms with van der Waals surface area (Å²) in [5.74, 6) is -2.74. The summed E-state index contributed by atoms with van der Waals surface area (Å²) in [5, 5.41) is 0. The van der Waals surface area contributed by atoms with Crippen molar-refractivity contribution in [2.24, 2.45) is 0 Å². The van der Waals surface area contributed by atoms with E-state index in [2.05, 4.69) is 0 Å². The number of rotatable bonds is 4. The number of hydrogen-bond acceptors (Lipinski definition) is 9. The number of hydrogen-bond donors (Lipinski definition) is 0. The third-order valence-electron chi connectivity index (χ3n) is 4.01. The molecule has 9 nitrogen and oxygen atoms in total. The van der Waals surface area contributed by atoms with Crippen molar-refractivity contribution < 1.29 is 42.9 Å². The van der Waals surface area contributed by atoms with Crippen LogP contribution in [0.3, 0.4) is 0 Å². The fourth-order valence-corrected chi connectivity index (χ4v) is 3.00. The topological polar surface area (TPSA) is 114 Å². The van der Waals surface area contributed by atoms with Gasteiger partial charge >= 0.3 is 23.9 Å². The van der Waals surface area contributed by atoms with Crippen molar-refractivity contribution in [3.05, 3.63) is 23.3 Å². The van der Waals surface area contributed by atoms with Gasteiger partial charge in [0.05, 0.1) is 12.7 Å². The zero-order chi connectivity index (χ0) is 21.2. The van der Waals surface area contributed by atoms with Gasteiger partial charge in [0.2, 0.25) is 0 Å². The third-order valence-corrected chi connectivity index (χ3v) is 4.01. The third kappa shape index (κ3) is 4.24. The number of methoxy groups -OCH3 is 1. The summed E-state index contributed by atoms with van der Waals surface area (Å²) in [6.07, 6.45) is -2.25. The Kier molecular flexibility index (Phi) is 5.96. The Balaban J connectivity index is 2.78. The molecule has 1 aliphatic heterocycles. The molecule has 1 aromatic rings. The highest BCUT2D eigenvalue weighted by atomic mass is 16.6. The largest absolute Gasteiger partial charge is 0.483 e. The van der Waals surface area contributed by atoms with E-state index in [0.717, 1.165) is 6.92 Å². The molecule has 0 amide bonds. The van der Waals surface area contributed by atoms with Crippen LogP contribution in [-0.4, -0.2) is 42.7 Å². The lowest BCUT2D eigenvalue weighted by Gasteiger charge is -2.43. The summed E-state index contributed by atoms with van der Waals surface area (Å²) < 4.78 is 26.7. The minimum Gasteiger partial charge on any atom is -0.483 e. The molecule has 0 aromatic heterocycles. The second-order valence-corrected chi connectivity index (χ2v) is 6.70. The van der Waals surface area contributed by atoms with Crippen molar-refractivity contribution in [2.75, 3.05) is 7.11 Å². The van der Waals surface area contributed by atoms with Crippen LogP contribution in [0.2, 0.25) is 0 Å². The average Bonchev–Trinajstić information content (AvgIpc) is 2.55. The van der Waals surface area contributed by atoms with Gasteiger partial charge in [-0.3, -0.25) is 14.4 Å². The highest BCUT2D eigenvalue weighted by Gasteiger charge is 2.50. The van der Waals surface area contributed by atoms with Crippen molar-refractivity contribution in [1.29, 1.82) is 0 Å². The van der Waals surface area contributed by atoms with Crippen LogP contribution >= 0.6 is 0 Å². The van der Waals surface area contributed by atoms with Crippen LogP contribution in [0.5, 0.6) is 11.5 Å². The first-order valence-corrected chi connectivity index (χ1v) is 8.45. The van der Waals surface area contributed by atoms with E-state index < -0.39 is 41.7 Å². The van der Waals surface area contributed by atoms with Gasteiger partial charge in [0.15, 0.2) is 18.0 Å². The van der Waals surface area contributed by atoms with E-state index in [-0.39, 0.29) is 22.6 Å². The van der Waals surface area contributed by atoms with E-state index in [4.69, 9.17) is 23.7 Å². The highest BCUT2D eigenvalue weighted by Crippen LogP contribution is 2.49. The van der Waals surface area contributed by atoms with Crippen LogP contribution in [0.4, 0.5) is 0 Å². The van der Waals surface area contributed by atoms with Crippen molar-refractivity contribution in [3.63, 3.8) is 0 Å². The van der Waals surface area contributed by atoms with Gasteiger partial charge in [-0.2, -0.15) is 0 Å². The average molecular weight is 394 g/mol. The zero-order valence-electron chi connectivity index (χ0n) is 16.5. The number of esters is 4. The second kappa shape index (κ2) is 7.87. The summed E-state index contributed by atoms with van der Waals surface area (Å²) in [6.45, 7) is 6.84. The summed E-state index contributed by atoms with van der Waals surface area (Å²) in [6, 6.07) is 2.84. The lowest BCUT2D eigenvalue weighted by molar-refractivity contribution is -0.188.